The van der Waals surface area contributed by atoms with Crippen molar-refractivity contribution in [3.63, 3.8) is 0 Å². The molecule has 0 aromatic heterocycles. The standard InChI is InChI=1S/C18H21NO4/c1-21-16-11-14(12-17(13-16)22-2)19-18(20)9-6-10-23-15-7-4-3-5-8-15/h3-5,7-8,11-13H,6,9-10H2,1-2H3,(H,19,20). The van der Waals surface area contributed by atoms with E-state index in [1.54, 1.807) is 32.4 Å². The van der Waals surface area contributed by atoms with Gasteiger partial charge in [-0.05, 0) is 18.6 Å². The molecule has 0 fully saturated rings. The minimum absolute atomic E-state index is 0.0723. The van der Waals surface area contributed by atoms with Crippen LogP contribution in [0.2, 0.25) is 0 Å². The molecule has 122 valence electrons. The lowest BCUT2D eigenvalue weighted by Crippen LogP contribution is -2.13. The van der Waals surface area contributed by atoms with Gasteiger partial charge in [0.1, 0.15) is 17.2 Å². The van der Waals surface area contributed by atoms with Gasteiger partial charge in [-0.25, -0.2) is 0 Å². The highest BCUT2D eigenvalue weighted by atomic mass is 16.5. The van der Waals surface area contributed by atoms with E-state index in [1.165, 1.54) is 0 Å². The van der Waals surface area contributed by atoms with Gasteiger partial charge in [-0.15, -0.1) is 0 Å². The fourth-order valence-electron chi connectivity index (χ4n) is 2.04. The SMILES string of the molecule is COc1cc(NC(=O)CCCOc2ccccc2)cc(OC)c1. The molecule has 0 heterocycles. The van der Waals surface area contributed by atoms with Crippen LogP contribution in [0.3, 0.4) is 0 Å². The average Bonchev–Trinajstić information content (AvgIpc) is 2.59. The van der Waals surface area contributed by atoms with Gasteiger partial charge in [0.25, 0.3) is 0 Å². The number of nitrogens with one attached hydrogen (secondary N) is 1. The molecule has 2 rings (SSSR count). The van der Waals surface area contributed by atoms with E-state index in [2.05, 4.69) is 5.32 Å². The van der Waals surface area contributed by atoms with Gasteiger partial charge in [-0.2, -0.15) is 0 Å². The number of amides is 1. The maximum atomic E-state index is 12.0. The molecule has 0 spiro atoms. The Morgan fingerprint density at radius 1 is 0.957 bits per heavy atom. The zero-order valence-electron chi connectivity index (χ0n) is 13.4. The van der Waals surface area contributed by atoms with Crippen LogP contribution in [0, 0.1) is 0 Å². The van der Waals surface area contributed by atoms with Crippen LogP contribution in [-0.2, 0) is 4.79 Å². The second kappa shape index (κ2) is 8.68. The van der Waals surface area contributed by atoms with Gasteiger partial charge in [0.05, 0.1) is 20.8 Å². The van der Waals surface area contributed by atoms with Crippen molar-refractivity contribution in [3.8, 4) is 17.2 Å². The Morgan fingerprint density at radius 3 is 2.22 bits per heavy atom. The maximum absolute atomic E-state index is 12.0. The van der Waals surface area contributed by atoms with Gasteiger partial charge in [-0.3, -0.25) is 4.79 Å². The van der Waals surface area contributed by atoms with E-state index in [1.807, 2.05) is 30.3 Å². The van der Waals surface area contributed by atoms with E-state index < -0.39 is 0 Å². The van der Waals surface area contributed by atoms with E-state index >= 15 is 0 Å². The smallest absolute Gasteiger partial charge is 0.224 e. The highest BCUT2D eigenvalue weighted by Crippen LogP contribution is 2.25. The summed E-state index contributed by atoms with van der Waals surface area (Å²) in [6, 6.07) is 14.8. The van der Waals surface area contributed by atoms with Gasteiger partial charge in [-0.1, -0.05) is 18.2 Å². The third-order valence-electron chi connectivity index (χ3n) is 3.20. The van der Waals surface area contributed by atoms with E-state index in [-0.39, 0.29) is 5.91 Å². The molecule has 0 bridgehead atoms. The quantitative estimate of drug-likeness (QED) is 0.758. The highest BCUT2D eigenvalue weighted by molar-refractivity contribution is 5.91. The minimum Gasteiger partial charge on any atom is -0.497 e. The minimum atomic E-state index is -0.0723. The van der Waals surface area contributed by atoms with Crippen LogP contribution in [0.15, 0.2) is 48.5 Å². The van der Waals surface area contributed by atoms with Crippen LogP contribution in [0.4, 0.5) is 5.69 Å². The summed E-state index contributed by atoms with van der Waals surface area (Å²) in [6.45, 7) is 0.499. The zero-order valence-corrected chi connectivity index (χ0v) is 13.4. The summed E-state index contributed by atoms with van der Waals surface area (Å²) in [5.41, 5.74) is 0.648. The number of carbonyl (C=O) groups excluding carboxylic acids is 1. The topological polar surface area (TPSA) is 56.8 Å². The van der Waals surface area contributed by atoms with Gasteiger partial charge in [0.15, 0.2) is 0 Å². The molecule has 0 aliphatic heterocycles. The van der Waals surface area contributed by atoms with Gasteiger partial charge < -0.3 is 19.5 Å². The predicted octanol–water partition coefficient (Wildman–Crippen LogP) is 3.50. The molecule has 0 saturated heterocycles. The number of para-hydroxylation sites is 1. The van der Waals surface area contributed by atoms with Crippen LogP contribution in [0.5, 0.6) is 17.2 Å². The molecule has 0 radical (unpaired) electrons. The third kappa shape index (κ3) is 5.54. The second-order valence-corrected chi connectivity index (χ2v) is 4.91. The lowest BCUT2D eigenvalue weighted by molar-refractivity contribution is -0.116. The number of hydrogen-bond acceptors (Lipinski definition) is 4. The molecule has 2 aromatic rings. The maximum Gasteiger partial charge on any atom is 0.224 e. The number of benzene rings is 2. The number of rotatable bonds is 8. The van der Waals surface area contributed by atoms with E-state index in [0.29, 0.717) is 36.6 Å². The Bertz CT molecular complexity index is 606. The second-order valence-electron chi connectivity index (χ2n) is 4.91. The molecule has 0 atom stereocenters. The fraction of sp³-hybridized carbons (Fsp3) is 0.278. The van der Waals surface area contributed by atoms with E-state index in [4.69, 9.17) is 14.2 Å². The zero-order chi connectivity index (χ0) is 16.5. The van der Waals surface area contributed by atoms with Gasteiger partial charge >= 0.3 is 0 Å². The normalized spacial score (nSPS) is 10.0. The molecule has 0 aliphatic carbocycles. The molecule has 5 heteroatoms. The summed E-state index contributed by atoms with van der Waals surface area (Å²) in [5.74, 6) is 2.00. The van der Waals surface area contributed by atoms with Crippen molar-refractivity contribution in [2.45, 2.75) is 12.8 Å². The molecular weight excluding hydrogens is 294 g/mol. The first kappa shape index (κ1) is 16.7. The summed E-state index contributed by atoms with van der Waals surface area (Å²) >= 11 is 0. The summed E-state index contributed by atoms with van der Waals surface area (Å²) in [7, 11) is 3.14. The number of ether oxygens (including phenoxy) is 3. The monoisotopic (exact) mass is 315 g/mol. The molecule has 2 aromatic carbocycles. The lowest BCUT2D eigenvalue weighted by atomic mass is 10.2. The molecule has 23 heavy (non-hydrogen) atoms. The number of anilines is 1. The van der Waals surface area contributed by atoms with Crippen molar-refractivity contribution in [2.24, 2.45) is 0 Å². The van der Waals surface area contributed by atoms with Gasteiger partial charge in [0.2, 0.25) is 5.91 Å². The molecular formula is C18H21NO4. The summed E-state index contributed by atoms with van der Waals surface area (Å²) < 4.78 is 15.9. The first-order chi connectivity index (χ1) is 11.2. The lowest BCUT2D eigenvalue weighted by Gasteiger charge is -2.10. The number of hydrogen-bond donors (Lipinski definition) is 1. The van der Waals surface area contributed by atoms with E-state index in [0.717, 1.165) is 5.75 Å². The third-order valence-corrected chi connectivity index (χ3v) is 3.20. The van der Waals surface area contributed by atoms with Crippen LogP contribution in [0.1, 0.15) is 12.8 Å². The Morgan fingerprint density at radius 2 is 1.61 bits per heavy atom. The van der Waals surface area contributed by atoms with Crippen molar-refractivity contribution in [2.75, 3.05) is 26.1 Å². The van der Waals surface area contributed by atoms with Crippen LogP contribution in [-0.4, -0.2) is 26.7 Å². The number of carbonyl (C=O) groups is 1. The van der Waals surface area contributed by atoms with Gasteiger partial charge in [0, 0.05) is 30.3 Å². The van der Waals surface area contributed by atoms with Crippen molar-refractivity contribution in [1.82, 2.24) is 0 Å². The number of methoxy groups -OCH3 is 2. The largest absolute Gasteiger partial charge is 0.497 e. The van der Waals surface area contributed by atoms with Crippen molar-refractivity contribution in [1.29, 1.82) is 0 Å². The van der Waals surface area contributed by atoms with Crippen LogP contribution in [0.25, 0.3) is 0 Å². The molecule has 5 nitrogen and oxygen atoms in total. The van der Waals surface area contributed by atoms with E-state index in [9.17, 15) is 4.79 Å². The Labute approximate surface area is 136 Å². The van der Waals surface area contributed by atoms with Crippen LogP contribution >= 0.6 is 0 Å². The molecule has 0 aliphatic rings. The first-order valence-corrected chi connectivity index (χ1v) is 7.42. The average molecular weight is 315 g/mol. The summed E-state index contributed by atoms with van der Waals surface area (Å²) in [6.07, 6.45) is 1.02. The first-order valence-electron chi connectivity index (χ1n) is 7.42. The van der Waals surface area contributed by atoms with Crippen molar-refractivity contribution >= 4 is 11.6 Å². The highest BCUT2D eigenvalue weighted by Gasteiger charge is 2.06. The predicted molar refractivity (Wildman–Crippen MR) is 89.3 cm³/mol. The fourth-order valence-corrected chi connectivity index (χ4v) is 2.04. The van der Waals surface area contributed by atoms with Crippen molar-refractivity contribution in [3.05, 3.63) is 48.5 Å². The Hall–Kier alpha value is -2.69. The molecule has 1 N–H and O–H groups in total. The Kier molecular flexibility index (Phi) is 6.29. The Balaban J connectivity index is 1.78. The molecule has 1 amide bonds. The summed E-state index contributed by atoms with van der Waals surface area (Å²) in [5, 5.41) is 2.84. The van der Waals surface area contributed by atoms with Crippen molar-refractivity contribution < 1.29 is 19.0 Å². The molecule has 0 unspecified atom stereocenters. The molecule has 0 saturated carbocycles. The summed E-state index contributed by atoms with van der Waals surface area (Å²) in [4.78, 5) is 12.0. The van der Waals surface area contributed by atoms with Crippen LogP contribution < -0.4 is 19.5 Å².